The van der Waals surface area contributed by atoms with E-state index in [1.165, 1.54) is 84.7 Å². The molecule has 0 amide bonds. The van der Waals surface area contributed by atoms with Crippen LogP contribution >= 0.6 is 0 Å². The van der Waals surface area contributed by atoms with Crippen molar-refractivity contribution in [2.75, 3.05) is 7.11 Å². The molecule has 4 heteroatoms. The topological polar surface area (TPSA) is 52.6 Å². The second-order valence-electron chi connectivity index (χ2n) is 6.65. The molecule has 0 aromatic carbocycles. The van der Waals surface area contributed by atoms with Crippen LogP contribution in [0.1, 0.15) is 104 Å². The fraction of sp³-hybridized carbons (Fsp3) is 0.900. The van der Waals surface area contributed by atoms with Gasteiger partial charge in [-0.15, -0.1) is 0 Å². The van der Waals surface area contributed by atoms with Gasteiger partial charge >= 0.3 is 11.9 Å². The van der Waals surface area contributed by atoms with Gasteiger partial charge in [0.1, 0.15) is 0 Å². The highest BCUT2D eigenvalue weighted by molar-refractivity contribution is 5.78. The summed E-state index contributed by atoms with van der Waals surface area (Å²) in [5.74, 6) is -0.885. The molecule has 142 valence electrons. The number of carbonyl (C=O) groups excluding carboxylic acids is 2. The predicted molar refractivity (Wildman–Crippen MR) is 97.9 cm³/mol. The van der Waals surface area contributed by atoms with Crippen molar-refractivity contribution in [2.24, 2.45) is 0 Å². The fourth-order valence-electron chi connectivity index (χ4n) is 2.90. The van der Waals surface area contributed by atoms with E-state index in [-0.39, 0.29) is 0 Å². The van der Waals surface area contributed by atoms with Crippen LogP contribution in [0.15, 0.2) is 0 Å². The zero-order chi connectivity index (χ0) is 18.0. The highest BCUT2D eigenvalue weighted by atomic mass is 16.6. The molecule has 0 heterocycles. The minimum absolute atomic E-state index is 0.430. The average Bonchev–Trinajstić information content (AvgIpc) is 2.56. The summed E-state index contributed by atoms with van der Waals surface area (Å²) in [6.45, 7) is 3.58. The largest absolute Gasteiger partial charge is 0.466 e. The van der Waals surface area contributed by atoms with Gasteiger partial charge in [-0.05, 0) is 12.8 Å². The summed E-state index contributed by atoms with van der Waals surface area (Å²) < 4.78 is 9.66. The molecule has 0 rings (SSSR count). The Balaban J connectivity index is 3.42. The highest BCUT2D eigenvalue weighted by Gasteiger charge is 2.21. The van der Waals surface area contributed by atoms with Gasteiger partial charge in [-0.25, -0.2) is 4.79 Å². The molecule has 0 aliphatic heterocycles. The molecule has 24 heavy (non-hydrogen) atoms. The molecular weight excluding hydrogens is 304 g/mol. The fourth-order valence-corrected chi connectivity index (χ4v) is 2.90. The smallest absolute Gasteiger partial charge is 0.347 e. The van der Waals surface area contributed by atoms with E-state index in [0.29, 0.717) is 6.42 Å². The molecule has 0 saturated heterocycles. The molecule has 4 nitrogen and oxygen atoms in total. The monoisotopic (exact) mass is 342 g/mol. The molecule has 1 atom stereocenters. The van der Waals surface area contributed by atoms with Gasteiger partial charge in [-0.2, -0.15) is 0 Å². The third-order valence-corrected chi connectivity index (χ3v) is 4.34. The van der Waals surface area contributed by atoms with Crippen LogP contribution in [0.4, 0.5) is 0 Å². The van der Waals surface area contributed by atoms with Crippen molar-refractivity contribution in [3.05, 3.63) is 0 Å². The van der Waals surface area contributed by atoms with Gasteiger partial charge in [-0.1, -0.05) is 84.0 Å². The van der Waals surface area contributed by atoms with E-state index in [0.717, 1.165) is 12.8 Å². The van der Waals surface area contributed by atoms with Crippen LogP contribution in [0.2, 0.25) is 0 Å². The van der Waals surface area contributed by atoms with E-state index >= 15 is 0 Å². The quantitative estimate of drug-likeness (QED) is 0.272. The van der Waals surface area contributed by atoms with E-state index in [1.54, 1.807) is 0 Å². The molecule has 0 aromatic heterocycles. The van der Waals surface area contributed by atoms with Crippen molar-refractivity contribution in [3.63, 3.8) is 0 Å². The van der Waals surface area contributed by atoms with E-state index in [9.17, 15) is 9.59 Å². The molecule has 0 aliphatic carbocycles. The summed E-state index contributed by atoms with van der Waals surface area (Å²) in [6.07, 6.45) is 16.5. The Kier molecular flexibility index (Phi) is 16.0. The summed E-state index contributed by atoms with van der Waals surface area (Å²) in [4.78, 5) is 22.5. The molecule has 0 saturated carbocycles. The Hall–Kier alpha value is -1.06. The van der Waals surface area contributed by atoms with E-state index in [1.807, 2.05) is 0 Å². The zero-order valence-electron chi connectivity index (χ0n) is 16.1. The molecule has 0 N–H and O–H groups in total. The Morgan fingerprint density at radius 3 is 1.54 bits per heavy atom. The van der Waals surface area contributed by atoms with Gasteiger partial charge in [0.2, 0.25) is 0 Å². The third-order valence-electron chi connectivity index (χ3n) is 4.34. The first kappa shape index (κ1) is 22.9. The number of methoxy groups -OCH3 is 1. The molecule has 0 bridgehead atoms. The van der Waals surface area contributed by atoms with Gasteiger partial charge in [-0.3, -0.25) is 4.79 Å². The molecule has 0 spiro atoms. The minimum atomic E-state index is -0.736. The SMILES string of the molecule is CCCCCCCCCCCCCCC[C@@H](OC(C)=O)C(=O)OC. The molecule has 0 aliphatic rings. The molecule has 0 fully saturated rings. The van der Waals surface area contributed by atoms with Crippen LogP contribution in [0, 0.1) is 0 Å². The van der Waals surface area contributed by atoms with Gasteiger partial charge in [0.15, 0.2) is 6.10 Å². The van der Waals surface area contributed by atoms with Crippen LogP contribution < -0.4 is 0 Å². The van der Waals surface area contributed by atoms with Crippen LogP contribution in [0.3, 0.4) is 0 Å². The lowest BCUT2D eigenvalue weighted by Crippen LogP contribution is -2.27. The third kappa shape index (κ3) is 14.5. The van der Waals surface area contributed by atoms with Gasteiger partial charge < -0.3 is 9.47 Å². The van der Waals surface area contributed by atoms with Crippen LogP contribution in [0.5, 0.6) is 0 Å². The highest BCUT2D eigenvalue weighted by Crippen LogP contribution is 2.14. The maximum absolute atomic E-state index is 11.5. The number of carbonyl (C=O) groups is 2. The first-order chi connectivity index (χ1) is 11.6. The van der Waals surface area contributed by atoms with Crippen molar-refractivity contribution >= 4 is 11.9 Å². The van der Waals surface area contributed by atoms with Gasteiger partial charge in [0.05, 0.1) is 7.11 Å². The summed E-state index contributed by atoms with van der Waals surface area (Å²) >= 11 is 0. The maximum atomic E-state index is 11.5. The Morgan fingerprint density at radius 1 is 0.750 bits per heavy atom. The standard InChI is InChI=1S/C20H38O4/c1-4-5-6-7-8-9-10-11-12-13-14-15-16-17-19(20(22)23-3)24-18(2)21/h19H,4-17H2,1-3H3/t19-/m1/s1. The zero-order valence-corrected chi connectivity index (χ0v) is 16.1. The van der Waals surface area contributed by atoms with Crippen molar-refractivity contribution in [3.8, 4) is 0 Å². The van der Waals surface area contributed by atoms with Crippen molar-refractivity contribution < 1.29 is 19.1 Å². The summed E-state index contributed by atoms with van der Waals surface area (Å²) in [7, 11) is 1.32. The number of rotatable bonds is 16. The van der Waals surface area contributed by atoms with Crippen LogP contribution in [0.25, 0.3) is 0 Å². The van der Waals surface area contributed by atoms with Gasteiger partial charge in [0.25, 0.3) is 0 Å². The summed E-state index contributed by atoms with van der Waals surface area (Å²) in [5.41, 5.74) is 0. The number of unbranched alkanes of at least 4 members (excludes halogenated alkanes) is 12. The van der Waals surface area contributed by atoms with Crippen molar-refractivity contribution in [2.45, 2.75) is 110 Å². The molecule has 0 radical (unpaired) electrons. The lowest BCUT2D eigenvalue weighted by Gasteiger charge is -2.14. The first-order valence-electron chi connectivity index (χ1n) is 9.86. The number of hydrogen-bond donors (Lipinski definition) is 0. The van der Waals surface area contributed by atoms with E-state index in [2.05, 4.69) is 11.7 Å². The Labute approximate surface area is 148 Å². The minimum Gasteiger partial charge on any atom is -0.466 e. The summed E-state index contributed by atoms with van der Waals surface area (Å²) in [5, 5.41) is 0. The van der Waals surface area contributed by atoms with Crippen LogP contribution in [-0.4, -0.2) is 25.2 Å². The van der Waals surface area contributed by atoms with Crippen molar-refractivity contribution in [1.82, 2.24) is 0 Å². The summed E-state index contributed by atoms with van der Waals surface area (Å²) in [6, 6.07) is 0. The first-order valence-corrected chi connectivity index (χ1v) is 9.86. The number of esters is 2. The maximum Gasteiger partial charge on any atom is 0.347 e. The normalized spacial score (nSPS) is 12.0. The van der Waals surface area contributed by atoms with E-state index in [4.69, 9.17) is 4.74 Å². The predicted octanol–water partition coefficient (Wildman–Crippen LogP) is 5.57. The van der Waals surface area contributed by atoms with Crippen molar-refractivity contribution in [1.29, 1.82) is 0 Å². The van der Waals surface area contributed by atoms with E-state index < -0.39 is 18.0 Å². The number of hydrogen-bond acceptors (Lipinski definition) is 4. The van der Waals surface area contributed by atoms with Crippen LogP contribution in [-0.2, 0) is 19.1 Å². The Bertz CT molecular complexity index is 315. The van der Waals surface area contributed by atoms with Gasteiger partial charge in [0, 0.05) is 6.92 Å². The second-order valence-corrected chi connectivity index (χ2v) is 6.65. The lowest BCUT2D eigenvalue weighted by atomic mass is 10.0. The molecule has 0 aromatic rings. The lowest BCUT2D eigenvalue weighted by molar-refractivity contribution is -0.165. The molecule has 0 unspecified atom stereocenters. The second kappa shape index (κ2) is 16.8. The average molecular weight is 343 g/mol. The number of ether oxygens (including phenoxy) is 2. The molecular formula is C20H38O4. The Morgan fingerprint density at radius 2 is 1.17 bits per heavy atom.